The first-order chi connectivity index (χ1) is 12.5. The molecule has 2 N–H and O–H groups in total. The monoisotopic (exact) mass is 359 g/mol. The molecule has 0 saturated carbocycles. The molecular formula is C18H18FN3O4. The molecule has 1 aliphatic heterocycles. The Hall–Kier alpha value is -3.16. The zero-order valence-corrected chi connectivity index (χ0v) is 13.9. The van der Waals surface area contributed by atoms with Crippen molar-refractivity contribution in [3.8, 4) is 0 Å². The van der Waals surface area contributed by atoms with Crippen LogP contribution < -0.4 is 10.9 Å². The molecule has 2 heterocycles. The fraction of sp³-hybridized carbons (Fsp3) is 0.278. The number of hydrogen-bond acceptors (Lipinski definition) is 4. The van der Waals surface area contributed by atoms with Gasteiger partial charge in [-0.15, -0.1) is 0 Å². The lowest BCUT2D eigenvalue weighted by atomic mass is 9.95. The number of carbonyl (C=O) groups excluding carboxylic acids is 3. The SMILES string of the molecule is O=C(NNC(=O)C1CCN(C(=O)c2ccc(F)cc2)CC1)c1ccco1. The van der Waals surface area contributed by atoms with Gasteiger partial charge in [-0.05, 0) is 49.2 Å². The second-order valence-electron chi connectivity index (χ2n) is 5.99. The minimum Gasteiger partial charge on any atom is -0.459 e. The van der Waals surface area contributed by atoms with E-state index < -0.39 is 11.7 Å². The van der Waals surface area contributed by atoms with Crippen LogP contribution in [0.2, 0.25) is 0 Å². The summed E-state index contributed by atoms with van der Waals surface area (Å²) in [5.41, 5.74) is 5.09. The molecule has 1 aromatic carbocycles. The average Bonchev–Trinajstić information content (AvgIpc) is 3.21. The van der Waals surface area contributed by atoms with Crippen LogP contribution in [0.1, 0.15) is 33.8 Å². The number of hydrazine groups is 1. The molecule has 1 aromatic heterocycles. The van der Waals surface area contributed by atoms with E-state index >= 15 is 0 Å². The second kappa shape index (κ2) is 7.81. The number of carbonyl (C=O) groups is 3. The minimum absolute atomic E-state index is 0.102. The Morgan fingerprint density at radius 3 is 2.35 bits per heavy atom. The fourth-order valence-electron chi connectivity index (χ4n) is 2.81. The van der Waals surface area contributed by atoms with Crippen LogP contribution in [0.25, 0.3) is 0 Å². The van der Waals surface area contributed by atoms with Crippen molar-refractivity contribution < 1.29 is 23.2 Å². The van der Waals surface area contributed by atoms with E-state index in [1.165, 1.54) is 36.6 Å². The summed E-state index contributed by atoms with van der Waals surface area (Å²) < 4.78 is 17.9. The maximum atomic E-state index is 12.9. The topological polar surface area (TPSA) is 91.7 Å². The predicted octanol–water partition coefficient (Wildman–Crippen LogP) is 1.73. The van der Waals surface area contributed by atoms with Crippen LogP contribution in [0.15, 0.2) is 47.1 Å². The number of halogens is 1. The van der Waals surface area contributed by atoms with Gasteiger partial charge in [0.25, 0.3) is 5.91 Å². The third-order valence-corrected chi connectivity index (χ3v) is 4.29. The minimum atomic E-state index is -0.535. The van der Waals surface area contributed by atoms with Gasteiger partial charge in [-0.3, -0.25) is 25.2 Å². The van der Waals surface area contributed by atoms with Crippen LogP contribution in [0.5, 0.6) is 0 Å². The first-order valence-corrected chi connectivity index (χ1v) is 8.23. The van der Waals surface area contributed by atoms with E-state index in [4.69, 9.17) is 4.42 Å². The van der Waals surface area contributed by atoms with Crippen molar-refractivity contribution in [1.82, 2.24) is 15.8 Å². The Morgan fingerprint density at radius 2 is 1.73 bits per heavy atom. The van der Waals surface area contributed by atoms with Gasteiger partial charge in [0.15, 0.2) is 5.76 Å². The highest BCUT2D eigenvalue weighted by atomic mass is 19.1. The van der Waals surface area contributed by atoms with Crippen molar-refractivity contribution in [3.05, 3.63) is 59.8 Å². The van der Waals surface area contributed by atoms with Gasteiger partial charge >= 0.3 is 5.91 Å². The maximum absolute atomic E-state index is 12.9. The summed E-state index contributed by atoms with van der Waals surface area (Å²) in [5.74, 6) is -1.62. The zero-order chi connectivity index (χ0) is 18.5. The Bertz CT molecular complexity index is 781. The third-order valence-electron chi connectivity index (χ3n) is 4.29. The van der Waals surface area contributed by atoms with Crippen LogP contribution in [-0.2, 0) is 4.79 Å². The third kappa shape index (κ3) is 4.08. The first kappa shape index (κ1) is 17.7. The molecule has 3 amide bonds. The molecular weight excluding hydrogens is 341 g/mol. The molecule has 0 aliphatic carbocycles. The molecule has 1 fully saturated rings. The Balaban J connectivity index is 1.47. The molecule has 26 heavy (non-hydrogen) atoms. The highest BCUT2D eigenvalue weighted by Gasteiger charge is 2.28. The van der Waals surface area contributed by atoms with Crippen molar-refractivity contribution in [3.63, 3.8) is 0 Å². The smallest absolute Gasteiger partial charge is 0.305 e. The molecule has 0 radical (unpaired) electrons. The molecule has 7 nitrogen and oxygen atoms in total. The molecule has 1 saturated heterocycles. The molecule has 136 valence electrons. The van der Waals surface area contributed by atoms with Crippen molar-refractivity contribution in [2.45, 2.75) is 12.8 Å². The molecule has 0 spiro atoms. The van der Waals surface area contributed by atoms with E-state index in [0.717, 1.165) is 0 Å². The summed E-state index contributed by atoms with van der Waals surface area (Å²) in [5, 5.41) is 0. The van der Waals surface area contributed by atoms with Gasteiger partial charge in [0.2, 0.25) is 5.91 Å². The van der Waals surface area contributed by atoms with Crippen molar-refractivity contribution >= 4 is 17.7 Å². The van der Waals surface area contributed by atoms with Crippen molar-refractivity contribution in [2.75, 3.05) is 13.1 Å². The van der Waals surface area contributed by atoms with E-state index in [-0.39, 0.29) is 23.5 Å². The molecule has 0 atom stereocenters. The van der Waals surface area contributed by atoms with Gasteiger partial charge in [-0.2, -0.15) is 0 Å². The molecule has 3 rings (SSSR count). The Kier molecular flexibility index (Phi) is 5.31. The zero-order valence-electron chi connectivity index (χ0n) is 13.9. The van der Waals surface area contributed by atoms with Gasteiger partial charge in [0.05, 0.1) is 6.26 Å². The van der Waals surface area contributed by atoms with Gasteiger partial charge in [0.1, 0.15) is 5.82 Å². The normalized spacial score (nSPS) is 14.7. The van der Waals surface area contributed by atoms with Gasteiger partial charge < -0.3 is 9.32 Å². The second-order valence-corrected chi connectivity index (χ2v) is 5.99. The number of furan rings is 1. The number of nitrogens with one attached hydrogen (secondary N) is 2. The number of nitrogens with zero attached hydrogens (tertiary/aromatic N) is 1. The van der Waals surface area contributed by atoms with Crippen LogP contribution >= 0.6 is 0 Å². The average molecular weight is 359 g/mol. The van der Waals surface area contributed by atoms with E-state index in [0.29, 0.717) is 31.5 Å². The van der Waals surface area contributed by atoms with E-state index in [9.17, 15) is 18.8 Å². The van der Waals surface area contributed by atoms with Crippen molar-refractivity contribution in [1.29, 1.82) is 0 Å². The Labute approximate surface area is 149 Å². The number of amides is 3. The van der Waals surface area contributed by atoms with Gasteiger partial charge in [-0.25, -0.2) is 4.39 Å². The molecule has 2 aromatic rings. The largest absolute Gasteiger partial charge is 0.459 e. The van der Waals surface area contributed by atoms with E-state index in [2.05, 4.69) is 10.9 Å². The summed E-state index contributed by atoms with van der Waals surface area (Å²) in [7, 11) is 0. The highest BCUT2D eigenvalue weighted by Crippen LogP contribution is 2.19. The van der Waals surface area contributed by atoms with Gasteiger partial charge in [0, 0.05) is 24.6 Å². The van der Waals surface area contributed by atoms with Crippen molar-refractivity contribution in [2.24, 2.45) is 5.92 Å². The first-order valence-electron chi connectivity index (χ1n) is 8.23. The quantitative estimate of drug-likeness (QED) is 0.817. The predicted molar refractivity (Wildman–Crippen MR) is 89.3 cm³/mol. The number of benzene rings is 1. The number of hydrogen-bond donors (Lipinski definition) is 2. The highest BCUT2D eigenvalue weighted by molar-refractivity contribution is 5.95. The molecule has 0 bridgehead atoms. The maximum Gasteiger partial charge on any atom is 0.305 e. The molecule has 1 aliphatic rings. The summed E-state index contributed by atoms with van der Waals surface area (Å²) >= 11 is 0. The summed E-state index contributed by atoms with van der Waals surface area (Å²) in [6, 6.07) is 8.44. The number of piperidine rings is 1. The molecule has 0 unspecified atom stereocenters. The lowest BCUT2D eigenvalue weighted by molar-refractivity contribution is -0.127. The Morgan fingerprint density at radius 1 is 1.04 bits per heavy atom. The lowest BCUT2D eigenvalue weighted by Crippen LogP contribution is -2.48. The summed E-state index contributed by atoms with van der Waals surface area (Å²) in [4.78, 5) is 37.9. The van der Waals surface area contributed by atoms with Crippen LogP contribution in [0, 0.1) is 11.7 Å². The fourth-order valence-corrected chi connectivity index (χ4v) is 2.81. The molecule has 8 heteroatoms. The van der Waals surface area contributed by atoms with E-state index in [1.807, 2.05) is 0 Å². The summed E-state index contributed by atoms with van der Waals surface area (Å²) in [6.07, 6.45) is 2.33. The number of likely N-dealkylation sites (tertiary alicyclic amines) is 1. The van der Waals surface area contributed by atoms with Gasteiger partial charge in [-0.1, -0.05) is 0 Å². The number of rotatable bonds is 3. The van der Waals surface area contributed by atoms with E-state index in [1.54, 1.807) is 11.0 Å². The standard InChI is InChI=1S/C18H18FN3O4/c19-14-5-3-13(4-6-14)18(25)22-9-7-12(8-10-22)16(23)20-21-17(24)15-2-1-11-26-15/h1-6,11-12H,7-10H2,(H,20,23)(H,21,24). The van der Waals surface area contributed by atoms with Crippen LogP contribution in [-0.4, -0.2) is 35.7 Å². The lowest BCUT2D eigenvalue weighted by Gasteiger charge is -2.31. The summed E-state index contributed by atoms with van der Waals surface area (Å²) in [6.45, 7) is 0.834. The van der Waals surface area contributed by atoms with Crippen LogP contribution in [0.3, 0.4) is 0 Å². The van der Waals surface area contributed by atoms with Crippen LogP contribution in [0.4, 0.5) is 4.39 Å².